The maximum Gasteiger partial charge on any atom is 0.320 e. The lowest BCUT2D eigenvalue weighted by Crippen LogP contribution is -2.42. The number of carbonyl (C=O) groups excluding carboxylic acids is 2. The lowest BCUT2D eigenvalue weighted by molar-refractivity contribution is -0.130. The molecule has 0 aliphatic carbocycles. The Balaban J connectivity index is 1.51. The fourth-order valence-corrected chi connectivity index (χ4v) is 4.54. The van der Waals surface area contributed by atoms with Gasteiger partial charge in [0.2, 0.25) is 5.91 Å². The second kappa shape index (κ2) is 7.81. The first-order chi connectivity index (χ1) is 13.9. The number of aromatic nitrogens is 3. The van der Waals surface area contributed by atoms with Crippen LogP contribution in [0.3, 0.4) is 0 Å². The van der Waals surface area contributed by atoms with Gasteiger partial charge in [-0.3, -0.25) is 9.48 Å². The average Bonchev–Trinajstić information content (AvgIpc) is 3.41. The molecule has 0 bridgehead atoms. The number of aryl methyl sites for hydroxylation is 1. The Bertz CT molecular complexity index is 887. The largest absolute Gasteiger partial charge is 0.342 e. The first-order valence-electron chi connectivity index (χ1n) is 9.77. The first-order valence-corrected chi connectivity index (χ1v) is 9.77. The average molecular weight is 400 g/mol. The number of fused-ring (bicyclic) bond motifs is 1. The zero-order valence-corrected chi connectivity index (χ0v) is 16.6. The van der Waals surface area contributed by atoms with Crippen molar-refractivity contribution in [3.8, 4) is 0 Å². The van der Waals surface area contributed by atoms with E-state index in [1.54, 1.807) is 36.1 Å². The Kier molecular flexibility index (Phi) is 5.21. The van der Waals surface area contributed by atoms with Crippen molar-refractivity contribution in [1.29, 1.82) is 0 Å². The molecule has 8 nitrogen and oxygen atoms in total. The van der Waals surface area contributed by atoms with Gasteiger partial charge in [0.15, 0.2) is 0 Å². The molecule has 3 amide bonds. The van der Waals surface area contributed by atoms with Gasteiger partial charge in [-0.15, -0.1) is 0 Å². The minimum absolute atomic E-state index is 0.0679. The Morgan fingerprint density at radius 1 is 1.24 bits per heavy atom. The number of rotatable bonds is 4. The molecule has 1 aromatic heterocycles. The molecule has 4 rings (SSSR count). The molecule has 29 heavy (non-hydrogen) atoms. The zero-order valence-electron chi connectivity index (χ0n) is 16.6. The van der Waals surface area contributed by atoms with Crippen molar-refractivity contribution in [2.24, 2.45) is 11.8 Å². The van der Waals surface area contributed by atoms with Crippen LogP contribution >= 0.6 is 0 Å². The van der Waals surface area contributed by atoms with Gasteiger partial charge in [0.1, 0.15) is 18.5 Å². The van der Waals surface area contributed by atoms with E-state index in [1.807, 2.05) is 15.9 Å². The molecule has 3 atom stereocenters. The molecular weight excluding hydrogens is 375 g/mol. The zero-order chi connectivity index (χ0) is 20.5. The molecule has 0 saturated carbocycles. The highest BCUT2D eigenvalue weighted by Gasteiger charge is 2.50. The Labute approximate surface area is 168 Å². The molecule has 154 valence electrons. The maximum atomic E-state index is 13.9. The van der Waals surface area contributed by atoms with E-state index in [0.29, 0.717) is 32.6 Å². The summed E-state index contributed by atoms with van der Waals surface area (Å²) in [6.45, 7) is 2.24. The maximum absolute atomic E-state index is 13.9. The summed E-state index contributed by atoms with van der Waals surface area (Å²) in [5.74, 6) is 0.0267. The van der Waals surface area contributed by atoms with Crippen molar-refractivity contribution in [3.63, 3.8) is 0 Å². The van der Waals surface area contributed by atoms with E-state index in [9.17, 15) is 14.0 Å². The SMILES string of the molecule is CN(C)C(=O)N1C[C@H]2CN(C(=O)CCn3cncn3)C[C@H]2[C@H]1c1cccc(F)c1. The van der Waals surface area contributed by atoms with E-state index in [1.165, 1.54) is 18.5 Å². The second-order valence-corrected chi connectivity index (χ2v) is 7.96. The molecule has 2 fully saturated rings. The van der Waals surface area contributed by atoms with Crippen LogP contribution in [0, 0.1) is 17.7 Å². The van der Waals surface area contributed by atoms with Gasteiger partial charge in [0.05, 0.1) is 12.6 Å². The van der Waals surface area contributed by atoms with Crippen LogP contribution in [0.15, 0.2) is 36.9 Å². The summed E-state index contributed by atoms with van der Waals surface area (Å²) in [5.41, 5.74) is 0.782. The van der Waals surface area contributed by atoms with Crippen molar-refractivity contribution in [2.45, 2.75) is 19.0 Å². The van der Waals surface area contributed by atoms with Gasteiger partial charge in [-0.1, -0.05) is 12.1 Å². The van der Waals surface area contributed by atoms with Crippen molar-refractivity contribution in [3.05, 3.63) is 48.3 Å². The molecule has 2 aliphatic heterocycles. The molecule has 0 spiro atoms. The van der Waals surface area contributed by atoms with Crippen LogP contribution in [0.25, 0.3) is 0 Å². The van der Waals surface area contributed by atoms with Crippen LogP contribution in [0.4, 0.5) is 9.18 Å². The summed E-state index contributed by atoms with van der Waals surface area (Å²) in [7, 11) is 3.44. The van der Waals surface area contributed by atoms with E-state index >= 15 is 0 Å². The number of benzene rings is 1. The van der Waals surface area contributed by atoms with Crippen LogP contribution in [0.1, 0.15) is 18.0 Å². The fourth-order valence-electron chi connectivity index (χ4n) is 4.54. The molecule has 0 N–H and O–H groups in total. The molecule has 9 heteroatoms. The van der Waals surface area contributed by atoms with E-state index in [4.69, 9.17) is 0 Å². The number of carbonyl (C=O) groups is 2. The van der Waals surface area contributed by atoms with E-state index in [2.05, 4.69) is 10.1 Å². The van der Waals surface area contributed by atoms with Crippen molar-refractivity contribution >= 4 is 11.9 Å². The third kappa shape index (κ3) is 3.81. The lowest BCUT2D eigenvalue weighted by atomic mass is 9.89. The van der Waals surface area contributed by atoms with Crippen molar-refractivity contribution in [2.75, 3.05) is 33.7 Å². The van der Waals surface area contributed by atoms with Crippen LogP contribution in [0.5, 0.6) is 0 Å². The Morgan fingerprint density at radius 2 is 2.07 bits per heavy atom. The van der Waals surface area contributed by atoms with Crippen LogP contribution in [-0.2, 0) is 11.3 Å². The molecular formula is C20H25FN6O2. The summed E-state index contributed by atoms with van der Waals surface area (Å²) < 4.78 is 15.5. The van der Waals surface area contributed by atoms with Crippen LogP contribution < -0.4 is 0 Å². The number of urea groups is 1. The van der Waals surface area contributed by atoms with Gasteiger partial charge in [0, 0.05) is 52.0 Å². The number of amides is 3. The highest BCUT2D eigenvalue weighted by molar-refractivity contribution is 5.77. The standard InChI is InChI=1S/C20H25FN6O2/c1-24(2)20(29)27-10-15-9-25(18(28)6-7-26-13-22-12-23-26)11-17(15)19(27)14-4-3-5-16(21)8-14/h3-5,8,12-13,15,17,19H,6-7,9-11H2,1-2H3/t15-,17-,19-/m1/s1. The van der Waals surface area contributed by atoms with Crippen LogP contribution in [0.2, 0.25) is 0 Å². The predicted molar refractivity (Wildman–Crippen MR) is 103 cm³/mol. The summed E-state index contributed by atoms with van der Waals surface area (Å²) in [6, 6.07) is 6.12. The molecule has 2 saturated heterocycles. The van der Waals surface area contributed by atoms with Crippen molar-refractivity contribution in [1.82, 2.24) is 29.5 Å². The van der Waals surface area contributed by atoms with E-state index in [0.717, 1.165) is 5.56 Å². The number of nitrogens with zero attached hydrogens (tertiary/aromatic N) is 6. The highest BCUT2D eigenvalue weighted by atomic mass is 19.1. The molecule has 3 heterocycles. The van der Waals surface area contributed by atoms with Crippen LogP contribution in [-0.4, -0.2) is 75.1 Å². The molecule has 0 radical (unpaired) electrons. The van der Waals surface area contributed by atoms with Gasteiger partial charge >= 0.3 is 6.03 Å². The van der Waals surface area contributed by atoms with E-state index < -0.39 is 0 Å². The monoisotopic (exact) mass is 400 g/mol. The minimum Gasteiger partial charge on any atom is -0.342 e. The lowest BCUT2D eigenvalue weighted by Gasteiger charge is -2.32. The molecule has 1 aromatic carbocycles. The summed E-state index contributed by atoms with van der Waals surface area (Å²) in [6.07, 6.45) is 3.40. The predicted octanol–water partition coefficient (Wildman–Crippen LogP) is 1.62. The smallest absolute Gasteiger partial charge is 0.320 e. The molecule has 0 unspecified atom stereocenters. The first kappa shape index (κ1) is 19.4. The Hall–Kier alpha value is -2.97. The summed E-state index contributed by atoms with van der Waals surface area (Å²) >= 11 is 0. The summed E-state index contributed by atoms with van der Waals surface area (Å²) in [4.78, 5) is 34.6. The molecule has 2 aromatic rings. The van der Waals surface area contributed by atoms with E-state index in [-0.39, 0.29) is 35.6 Å². The number of hydrogen-bond acceptors (Lipinski definition) is 4. The number of hydrogen-bond donors (Lipinski definition) is 0. The fraction of sp³-hybridized carbons (Fsp3) is 0.500. The van der Waals surface area contributed by atoms with Crippen molar-refractivity contribution < 1.29 is 14.0 Å². The minimum atomic E-state index is -0.318. The normalized spacial score (nSPS) is 23.3. The van der Waals surface area contributed by atoms with Gasteiger partial charge in [0.25, 0.3) is 0 Å². The third-order valence-corrected chi connectivity index (χ3v) is 5.86. The second-order valence-electron chi connectivity index (χ2n) is 7.96. The number of halogens is 1. The topological polar surface area (TPSA) is 74.6 Å². The van der Waals surface area contributed by atoms with Gasteiger partial charge in [-0.05, 0) is 17.7 Å². The quantitative estimate of drug-likeness (QED) is 0.782. The van der Waals surface area contributed by atoms with Gasteiger partial charge in [-0.2, -0.15) is 5.10 Å². The molecule has 2 aliphatic rings. The highest BCUT2D eigenvalue weighted by Crippen LogP contribution is 2.45. The number of likely N-dealkylation sites (tertiary alicyclic amines) is 2. The van der Waals surface area contributed by atoms with Gasteiger partial charge < -0.3 is 14.7 Å². The third-order valence-electron chi connectivity index (χ3n) is 5.86. The van der Waals surface area contributed by atoms with Gasteiger partial charge in [-0.25, -0.2) is 14.2 Å². The summed E-state index contributed by atoms with van der Waals surface area (Å²) in [5, 5.41) is 4.03. The Morgan fingerprint density at radius 3 is 2.76 bits per heavy atom.